The van der Waals surface area contributed by atoms with E-state index in [-0.39, 0.29) is 0 Å². The summed E-state index contributed by atoms with van der Waals surface area (Å²) < 4.78 is 3.15. The molecule has 1 fully saturated rings. The van der Waals surface area contributed by atoms with Crippen molar-refractivity contribution in [3.8, 4) is 0 Å². The highest BCUT2D eigenvalue weighted by Gasteiger charge is 2.21. The SMILES string of the molecule is CCn1ncc(C2CCNC2)c1Br. The molecular formula is C9H14BrN3. The van der Waals surface area contributed by atoms with Gasteiger partial charge in [0.2, 0.25) is 0 Å². The van der Waals surface area contributed by atoms with E-state index in [1.165, 1.54) is 12.0 Å². The predicted octanol–water partition coefficient (Wildman–Crippen LogP) is 1.74. The molecule has 1 saturated heterocycles. The largest absolute Gasteiger partial charge is 0.316 e. The number of rotatable bonds is 2. The van der Waals surface area contributed by atoms with E-state index in [2.05, 4.69) is 33.3 Å². The first-order chi connectivity index (χ1) is 6.33. The Balaban J connectivity index is 2.24. The summed E-state index contributed by atoms with van der Waals surface area (Å²) in [5.41, 5.74) is 1.35. The molecule has 1 aliphatic rings. The van der Waals surface area contributed by atoms with Crippen molar-refractivity contribution in [1.82, 2.24) is 15.1 Å². The highest BCUT2D eigenvalue weighted by atomic mass is 79.9. The molecule has 1 aromatic rings. The zero-order valence-corrected chi connectivity index (χ0v) is 9.34. The van der Waals surface area contributed by atoms with E-state index in [1.54, 1.807) is 0 Å². The summed E-state index contributed by atoms with van der Waals surface area (Å²) in [6, 6.07) is 0. The molecule has 13 heavy (non-hydrogen) atoms. The maximum absolute atomic E-state index is 4.32. The topological polar surface area (TPSA) is 29.9 Å². The smallest absolute Gasteiger partial charge is 0.107 e. The van der Waals surface area contributed by atoms with Gasteiger partial charge < -0.3 is 5.32 Å². The standard InChI is InChI=1S/C9H14BrN3/c1-2-13-9(10)8(6-12-13)7-3-4-11-5-7/h6-7,11H,2-5H2,1H3. The van der Waals surface area contributed by atoms with Crippen LogP contribution in [0.1, 0.15) is 24.8 Å². The molecule has 0 amide bonds. The van der Waals surface area contributed by atoms with Gasteiger partial charge in [0, 0.05) is 24.6 Å². The van der Waals surface area contributed by atoms with E-state index in [4.69, 9.17) is 0 Å². The Bertz CT molecular complexity index is 289. The van der Waals surface area contributed by atoms with Gasteiger partial charge >= 0.3 is 0 Å². The normalized spacial score (nSPS) is 22.5. The van der Waals surface area contributed by atoms with Crippen LogP contribution in [-0.4, -0.2) is 22.9 Å². The van der Waals surface area contributed by atoms with Crippen molar-refractivity contribution in [2.24, 2.45) is 0 Å². The molecule has 3 nitrogen and oxygen atoms in total. The molecule has 1 atom stereocenters. The van der Waals surface area contributed by atoms with Gasteiger partial charge in [0.25, 0.3) is 0 Å². The highest BCUT2D eigenvalue weighted by Crippen LogP contribution is 2.28. The quantitative estimate of drug-likeness (QED) is 0.858. The molecule has 0 bridgehead atoms. The van der Waals surface area contributed by atoms with E-state index in [0.29, 0.717) is 5.92 Å². The molecule has 1 aliphatic heterocycles. The lowest BCUT2D eigenvalue weighted by Crippen LogP contribution is -2.08. The number of aromatic nitrogens is 2. The molecule has 2 rings (SSSR count). The molecular weight excluding hydrogens is 230 g/mol. The summed E-state index contributed by atoms with van der Waals surface area (Å²) in [5.74, 6) is 0.648. The monoisotopic (exact) mass is 243 g/mol. The van der Waals surface area contributed by atoms with E-state index in [9.17, 15) is 0 Å². The predicted molar refractivity (Wildman–Crippen MR) is 55.8 cm³/mol. The summed E-state index contributed by atoms with van der Waals surface area (Å²) in [7, 11) is 0. The number of aryl methyl sites for hydroxylation is 1. The fourth-order valence-electron chi connectivity index (χ4n) is 1.80. The third-order valence-corrected chi connectivity index (χ3v) is 3.47. The van der Waals surface area contributed by atoms with Crippen molar-refractivity contribution in [3.63, 3.8) is 0 Å². The zero-order valence-electron chi connectivity index (χ0n) is 7.76. The summed E-state index contributed by atoms with van der Waals surface area (Å²) in [6.45, 7) is 5.26. The van der Waals surface area contributed by atoms with Gasteiger partial charge in [-0.05, 0) is 35.8 Å². The van der Waals surface area contributed by atoms with Crippen LogP contribution >= 0.6 is 15.9 Å². The summed E-state index contributed by atoms with van der Waals surface area (Å²) >= 11 is 3.59. The number of halogens is 1. The number of nitrogens with one attached hydrogen (secondary N) is 1. The number of nitrogens with zero attached hydrogens (tertiary/aromatic N) is 2. The van der Waals surface area contributed by atoms with Gasteiger partial charge in [0.05, 0.1) is 6.20 Å². The van der Waals surface area contributed by atoms with Gasteiger partial charge in [-0.15, -0.1) is 0 Å². The zero-order chi connectivity index (χ0) is 9.26. The minimum absolute atomic E-state index is 0.648. The number of hydrogen-bond acceptors (Lipinski definition) is 2. The van der Waals surface area contributed by atoms with Crippen LogP contribution in [0.25, 0.3) is 0 Å². The lowest BCUT2D eigenvalue weighted by molar-refractivity contribution is 0.641. The second-order valence-electron chi connectivity index (χ2n) is 3.40. The molecule has 4 heteroatoms. The van der Waals surface area contributed by atoms with Crippen LogP contribution in [0.2, 0.25) is 0 Å². The molecule has 0 aliphatic carbocycles. The summed E-state index contributed by atoms with van der Waals surface area (Å²) in [4.78, 5) is 0. The first kappa shape index (κ1) is 9.21. The average molecular weight is 244 g/mol. The van der Waals surface area contributed by atoms with Gasteiger partial charge in [0.1, 0.15) is 4.60 Å². The van der Waals surface area contributed by atoms with Crippen molar-refractivity contribution in [2.45, 2.75) is 25.8 Å². The third kappa shape index (κ3) is 1.65. The molecule has 0 saturated carbocycles. The summed E-state index contributed by atoms with van der Waals surface area (Å²) in [5, 5.41) is 7.69. The van der Waals surface area contributed by atoms with E-state index in [0.717, 1.165) is 24.2 Å². The maximum Gasteiger partial charge on any atom is 0.107 e. The van der Waals surface area contributed by atoms with Crippen molar-refractivity contribution in [1.29, 1.82) is 0 Å². The Labute approximate surface area is 86.6 Å². The lowest BCUT2D eigenvalue weighted by atomic mass is 10.0. The van der Waals surface area contributed by atoms with Crippen molar-refractivity contribution in [3.05, 3.63) is 16.4 Å². The molecule has 2 heterocycles. The van der Waals surface area contributed by atoms with Crippen molar-refractivity contribution < 1.29 is 0 Å². The minimum Gasteiger partial charge on any atom is -0.316 e. The fraction of sp³-hybridized carbons (Fsp3) is 0.667. The molecule has 1 aromatic heterocycles. The van der Waals surface area contributed by atoms with Gasteiger partial charge in [-0.1, -0.05) is 0 Å². The van der Waals surface area contributed by atoms with E-state index < -0.39 is 0 Å². The van der Waals surface area contributed by atoms with Crippen molar-refractivity contribution in [2.75, 3.05) is 13.1 Å². The Morgan fingerprint density at radius 3 is 3.15 bits per heavy atom. The second-order valence-corrected chi connectivity index (χ2v) is 4.15. The van der Waals surface area contributed by atoms with E-state index >= 15 is 0 Å². The maximum atomic E-state index is 4.32. The number of hydrogen-bond donors (Lipinski definition) is 1. The third-order valence-electron chi connectivity index (χ3n) is 2.60. The van der Waals surface area contributed by atoms with Crippen LogP contribution in [0.15, 0.2) is 10.8 Å². The first-order valence-electron chi connectivity index (χ1n) is 4.75. The van der Waals surface area contributed by atoms with Crippen LogP contribution in [0.5, 0.6) is 0 Å². The fourth-order valence-corrected chi connectivity index (χ4v) is 2.57. The van der Waals surface area contributed by atoms with Crippen LogP contribution in [-0.2, 0) is 6.54 Å². The van der Waals surface area contributed by atoms with Crippen LogP contribution in [0, 0.1) is 0 Å². The lowest BCUT2D eigenvalue weighted by Gasteiger charge is -2.06. The molecule has 0 aromatic carbocycles. The van der Waals surface area contributed by atoms with Gasteiger partial charge in [0.15, 0.2) is 0 Å². The van der Waals surface area contributed by atoms with Crippen LogP contribution in [0.4, 0.5) is 0 Å². The first-order valence-corrected chi connectivity index (χ1v) is 5.54. The summed E-state index contributed by atoms with van der Waals surface area (Å²) in [6.07, 6.45) is 3.22. The van der Waals surface area contributed by atoms with Gasteiger partial charge in [-0.3, -0.25) is 4.68 Å². The van der Waals surface area contributed by atoms with Crippen LogP contribution < -0.4 is 5.32 Å². The van der Waals surface area contributed by atoms with E-state index in [1.807, 2.05) is 10.9 Å². The Morgan fingerprint density at radius 2 is 2.62 bits per heavy atom. The van der Waals surface area contributed by atoms with Crippen LogP contribution in [0.3, 0.4) is 0 Å². The highest BCUT2D eigenvalue weighted by molar-refractivity contribution is 9.10. The molecule has 1 unspecified atom stereocenters. The Kier molecular flexibility index (Phi) is 2.69. The average Bonchev–Trinajstić information content (AvgIpc) is 2.72. The Hall–Kier alpha value is -0.350. The second kappa shape index (κ2) is 3.80. The molecule has 1 N–H and O–H groups in total. The Morgan fingerprint density at radius 1 is 1.77 bits per heavy atom. The minimum atomic E-state index is 0.648. The molecule has 72 valence electrons. The molecule has 0 radical (unpaired) electrons. The van der Waals surface area contributed by atoms with Crippen molar-refractivity contribution >= 4 is 15.9 Å². The molecule has 0 spiro atoms. The van der Waals surface area contributed by atoms with Gasteiger partial charge in [-0.2, -0.15) is 5.10 Å². The van der Waals surface area contributed by atoms with Gasteiger partial charge in [-0.25, -0.2) is 0 Å².